The van der Waals surface area contributed by atoms with Gasteiger partial charge >= 0.3 is 0 Å². The molecular formula is C16H25F2NO. The summed E-state index contributed by atoms with van der Waals surface area (Å²) in [5, 5.41) is 3.35. The van der Waals surface area contributed by atoms with Crippen molar-refractivity contribution in [1.82, 2.24) is 5.32 Å². The van der Waals surface area contributed by atoms with Crippen LogP contribution in [0.3, 0.4) is 0 Å². The quantitative estimate of drug-likeness (QED) is 0.690. The SMILES string of the molecule is COc1cc(F)c(CCCCCCNC(C)C)c(F)c1. The highest BCUT2D eigenvalue weighted by Gasteiger charge is 2.11. The monoisotopic (exact) mass is 285 g/mol. The molecule has 1 aromatic carbocycles. The number of halogens is 2. The van der Waals surface area contributed by atoms with Crippen LogP contribution in [0, 0.1) is 11.6 Å². The minimum atomic E-state index is -0.511. The van der Waals surface area contributed by atoms with Crippen LogP contribution in [-0.2, 0) is 6.42 Å². The van der Waals surface area contributed by atoms with Crippen molar-refractivity contribution in [2.24, 2.45) is 0 Å². The molecule has 0 bridgehead atoms. The lowest BCUT2D eigenvalue weighted by Crippen LogP contribution is -2.23. The third-order valence-electron chi connectivity index (χ3n) is 3.26. The Kier molecular flexibility index (Phi) is 7.52. The number of ether oxygens (including phenoxy) is 1. The van der Waals surface area contributed by atoms with Gasteiger partial charge in [-0.25, -0.2) is 8.78 Å². The Bertz CT molecular complexity index is 384. The molecule has 1 rings (SSSR count). The largest absolute Gasteiger partial charge is 0.497 e. The van der Waals surface area contributed by atoms with Gasteiger partial charge in [0.25, 0.3) is 0 Å². The molecule has 0 radical (unpaired) electrons. The minimum Gasteiger partial charge on any atom is -0.497 e. The number of rotatable bonds is 9. The van der Waals surface area contributed by atoms with Crippen molar-refractivity contribution in [1.29, 1.82) is 0 Å². The van der Waals surface area contributed by atoms with E-state index in [4.69, 9.17) is 4.74 Å². The zero-order chi connectivity index (χ0) is 15.0. The molecule has 0 amide bonds. The molecule has 0 heterocycles. The first-order valence-corrected chi connectivity index (χ1v) is 7.30. The summed E-state index contributed by atoms with van der Waals surface area (Å²) >= 11 is 0. The topological polar surface area (TPSA) is 21.3 Å². The van der Waals surface area contributed by atoms with Crippen LogP contribution in [0.15, 0.2) is 12.1 Å². The average molecular weight is 285 g/mol. The fourth-order valence-corrected chi connectivity index (χ4v) is 2.11. The molecule has 0 aliphatic heterocycles. The summed E-state index contributed by atoms with van der Waals surface area (Å²) in [6.45, 7) is 5.24. The molecule has 114 valence electrons. The Hall–Kier alpha value is -1.16. The van der Waals surface area contributed by atoms with Gasteiger partial charge in [-0.05, 0) is 25.8 Å². The molecule has 0 aliphatic carbocycles. The molecule has 0 aromatic heterocycles. The van der Waals surface area contributed by atoms with Crippen LogP contribution in [0.2, 0.25) is 0 Å². The molecule has 1 N–H and O–H groups in total. The Morgan fingerprint density at radius 3 is 2.20 bits per heavy atom. The minimum absolute atomic E-state index is 0.172. The van der Waals surface area contributed by atoms with E-state index >= 15 is 0 Å². The van der Waals surface area contributed by atoms with Gasteiger partial charge in [0.15, 0.2) is 0 Å². The first-order chi connectivity index (χ1) is 9.54. The third-order valence-corrected chi connectivity index (χ3v) is 3.26. The zero-order valence-corrected chi connectivity index (χ0v) is 12.6. The van der Waals surface area contributed by atoms with Crippen LogP contribution < -0.4 is 10.1 Å². The summed E-state index contributed by atoms with van der Waals surface area (Å²) in [7, 11) is 1.40. The predicted octanol–water partition coefficient (Wildman–Crippen LogP) is 4.07. The number of benzene rings is 1. The number of hydrogen-bond acceptors (Lipinski definition) is 2. The van der Waals surface area contributed by atoms with Gasteiger partial charge in [-0.1, -0.05) is 26.7 Å². The lowest BCUT2D eigenvalue weighted by molar-refractivity contribution is 0.404. The number of unbranched alkanes of at least 4 members (excludes halogenated alkanes) is 3. The van der Waals surface area contributed by atoms with Crippen molar-refractivity contribution >= 4 is 0 Å². The van der Waals surface area contributed by atoms with Crippen molar-refractivity contribution in [3.63, 3.8) is 0 Å². The second kappa shape index (κ2) is 8.90. The molecule has 0 spiro atoms. The summed E-state index contributed by atoms with van der Waals surface area (Å²) in [6, 6.07) is 2.99. The molecule has 1 aromatic rings. The lowest BCUT2D eigenvalue weighted by atomic mass is 10.0. The van der Waals surface area contributed by atoms with Crippen LogP contribution in [0.4, 0.5) is 8.78 Å². The summed E-state index contributed by atoms with van der Waals surface area (Å²) < 4.78 is 32.2. The highest BCUT2D eigenvalue weighted by molar-refractivity contribution is 5.30. The Morgan fingerprint density at radius 1 is 1.05 bits per heavy atom. The second-order valence-corrected chi connectivity index (χ2v) is 5.34. The maximum absolute atomic E-state index is 13.7. The standard InChI is InChI=1S/C16H25F2NO/c1-12(2)19-9-7-5-4-6-8-14-15(17)10-13(20-3)11-16(14)18/h10-12,19H,4-9H2,1-3H3. The normalized spacial score (nSPS) is 11.1. The number of methoxy groups -OCH3 is 1. The molecule has 0 fully saturated rings. The van der Waals surface area contributed by atoms with Crippen LogP contribution in [0.5, 0.6) is 5.75 Å². The molecule has 0 atom stereocenters. The summed E-state index contributed by atoms with van der Waals surface area (Å²) in [5.41, 5.74) is 0.172. The van der Waals surface area contributed by atoms with Gasteiger partial charge in [-0.15, -0.1) is 0 Å². The van der Waals surface area contributed by atoms with E-state index < -0.39 is 11.6 Å². The van der Waals surface area contributed by atoms with E-state index in [1.807, 2.05) is 0 Å². The maximum atomic E-state index is 13.7. The molecule has 4 heteroatoms. The van der Waals surface area contributed by atoms with E-state index in [0.29, 0.717) is 12.5 Å². The van der Waals surface area contributed by atoms with E-state index in [0.717, 1.165) is 32.2 Å². The predicted molar refractivity (Wildman–Crippen MR) is 78.2 cm³/mol. The molecule has 20 heavy (non-hydrogen) atoms. The van der Waals surface area contributed by atoms with Gasteiger partial charge in [0, 0.05) is 23.7 Å². The molecule has 2 nitrogen and oxygen atoms in total. The van der Waals surface area contributed by atoms with Crippen molar-refractivity contribution in [2.45, 2.75) is 52.0 Å². The van der Waals surface area contributed by atoms with E-state index in [1.165, 1.54) is 19.2 Å². The highest BCUT2D eigenvalue weighted by atomic mass is 19.1. The fourth-order valence-electron chi connectivity index (χ4n) is 2.11. The fraction of sp³-hybridized carbons (Fsp3) is 0.625. The van der Waals surface area contributed by atoms with Gasteiger partial charge in [-0.2, -0.15) is 0 Å². The molecule has 0 saturated carbocycles. The van der Waals surface area contributed by atoms with Gasteiger partial charge in [0.2, 0.25) is 0 Å². The molecule has 0 aliphatic rings. The van der Waals surface area contributed by atoms with Gasteiger partial charge in [-0.3, -0.25) is 0 Å². The number of nitrogens with one attached hydrogen (secondary N) is 1. The Balaban J connectivity index is 2.28. The molecular weight excluding hydrogens is 260 g/mol. The third kappa shape index (κ3) is 5.87. The summed E-state index contributed by atoms with van der Waals surface area (Å²) in [4.78, 5) is 0. The molecule has 0 unspecified atom stereocenters. The molecule has 0 saturated heterocycles. The maximum Gasteiger partial charge on any atom is 0.133 e. The van der Waals surface area contributed by atoms with Crippen LogP contribution in [0.25, 0.3) is 0 Å². The van der Waals surface area contributed by atoms with Crippen molar-refractivity contribution in [3.05, 3.63) is 29.3 Å². The Morgan fingerprint density at radius 2 is 1.65 bits per heavy atom. The van der Waals surface area contributed by atoms with Crippen molar-refractivity contribution in [3.8, 4) is 5.75 Å². The van der Waals surface area contributed by atoms with Crippen molar-refractivity contribution in [2.75, 3.05) is 13.7 Å². The Labute approximate surface area is 120 Å². The lowest BCUT2D eigenvalue weighted by Gasteiger charge is -2.09. The smallest absolute Gasteiger partial charge is 0.133 e. The van der Waals surface area contributed by atoms with E-state index in [-0.39, 0.29) is 11.3 Å². The van der Waals surface area contributed by atoms with E-state index in [1.54, 1.807) is 0 Å². The number of hydrogen-bond donors (Lipinski definition) is 1. The average Bonchev–Trinajstić information content (AvgIpc) is 2.39. The van der Waals surface area contributed by atoms with Crippen molar-refractivity contribution < 1.29 is 13.5 Å². The summed E-state index contributed by atoms with van der Waals surface area (Å²) in [6.07, 6.45) is 4.43. The first kappa shape index (κ1) is 16.9. The van der Waals surface area contributed by atoms with Crippen LogP contribution in [0.1, 0.15) is 45.1 Å². The van der Waals surface area contributed by atoms with Crippen LogP contribution >= 0.6 is 0 Å². The van der Waals surface area contributed by atoms with E-state index in [2.05, 4.69) is 19.2 Å². The second-order valence-electron chi connectivity index (χ2n) is 5.34. The van der Waals surface area contributed by atoms with Gasteiger partial charge in [0.1, 0.15) is 17.4 Å². The van der Waals surface area contributed by atoms with Crippen LogP contribution in [-0.4, -0.2) is 19.7 Å². The zero-order valence-electron chi connectivity index (χ0n) is 12.6. The first-order valence-electron chi connectivity index (χ1n) is 7.30. The van der Waals surface area contributed by atoms with Gasteiger partial charge < -0.3 is 10.1 Å². The van der Waals surface area contributed by atoms with Gasteiger partial charge in [0.05, 0.1) is 7.11 Å². The summed E-state index contributed by atoms with van der Waals surface area (Å²) in [5.74, 6) is -0.796. The highest BCUT2D eigenvalue weighted by Crippen LogP contribution is 2.22. The van der Waals surface area contributed by atoms with E-state index in [9.17, 15) is 8.78 Å².